The number of ether oxygens (including phenoxy) is 1. The second kappa shape index (κ2) is 14.7. The Morgan fingerprint density at radius 2 is 2.00 bits per heavy atom. The summed E-state index contributed by atoms with van der Waals surface area (Å²) in [6.07, 6.45) is 1.09. The zero-order valence-electron chi connectivity index (χ0n) is 23.0. The molecule has 0 unspecified atom stereocenters. The quantitative estimate of drug-likeness (QED) is 0.138. The van der Waals surface area contributed by atoms with E-state index < -0.39 is 6.09 Å². The summed E-state index contributed by atoms with van der Waals surface area (Å²) in [6.45, 7) is 3.25. The van der Waals surface area contributed by atoms with Crippen LogP contribution in [-0.2, 0) is 11.3 Å². The lowest BCUT2D eigenvalue weighted by molar-refractivity contribution is -0.122. The van der Waals surface area contributed by atoms with Crippen molar-refractivity contribution in [1.82, 2.24) is 10.2 Å². The number of halogens is 1. The number of alkyl halides is 1. The van der Waals surface area contributed by atoms with Gasteiger partial charge >= 0.3 is 6.09 Å². The van der Waals surface area contributed by atoms with Gasteiger partial charge in [0.05, 0.1) is 40.1 Å². The summed E-state index contributed by atoms with van der Waals surface area (Å²) in [6, 6.07) is 22.1. The van der Waals surface area contributed by atoms with Gasteiger partial charge in [-0.25, -0.2) is 9.79 Å². The fourth-order valence-electron chi connectivity index (χ4n) is 4.01. The smallest absolute Gasteiger partial charge is 0.410 e. The van der Waals surface area contributed by atoms with E-state index >= 15 is 0 Å². The number of amides is 2. The van der Waals surface area contributed by atoms with Crippen LogP contribution in [0.25, 0.3) is 0 Å². The zero-order valence-corrected chi connectivity index (χ0v) is 25.5. The van der Waals surface area contributed by atoms with E-state index in [2.05, 4.69) is 29.3 Å². The fraction of sp³-hybridized carbons (Fsp3) is 0.200. The molecular formula is C30H29ClN6O3S2. The largest absolute Gasteiger partial charge is 0.412 e. The van der Waals surface area contributed by atoms with Crippen LogP contribution in [0, 0.1) is 11.3 Å². The van der Waals surface area contributed by atoms with Gasteiger partial charge in [-0.05, 0) is 54.6 Å². The minimum Gasteiger partial charge on any atom is -0.410 e. The first-order valence-corrected chi connectivity index (χ1v) is 14.8. The topological polar surface area (TPSA) is 110 Å². The van der Waals surface area contributed by atoms with Crippen molar-refractivity contribution in [2.45, 2.75) is 18.4 Å². The maximum atomic E-state index is 13.8. The van der Waals surface area contributed by atoms with Gasteiger partial charge in [0.2, 0.25) is 0 Å². The van der Waals surface area contributed by atoms with Gasteiger partial charge in [-0.3, -0.25) is 9.69 Å². The molecule has 9 nitrogen and oxygen atoms in total. The fourth-order valence-corrected chi connectivity index (χ4v) is 5.41. The number of aliphatic imine (C=N–C) groups is 1. The third-order valence-electron chi connectivity index (χ3n) is 5.99. The number of benzene rings is 3. The third-order valence-corrected chi connectivity index (χ3v) is 7.56. The Morgan fingerprint density at radius 3 is 2.71 bits per heavy atom. The van der Waals surface area contributed by atoms with Crippen LogP contribution >= 0.6 is 36.0 Å². The Balaban J connectivity index is 1.68. The molecule has 4 rings (SSSR count). The van der Waals surface area contributed by atoms with Gasteiger partial charge in [0.25, 0.3) is 5.91 Å². The molecule has 1 heterocycles. The van der Waals surface area contributed by atoms with Crippen molar-refractivity contribution in [3.8, 4) is 11.8 Å². The van der Waals surface area contributed by atoms with E-state index in [1.54, 1.807) is 53.4 Å². The van der Waals surface area contributed by atoms with Crippen LogP contribution in [0.4, 0.5) is 21.9 Å². The number of carbonyl (C=O) groups excluding carboxylic acids is 2. The minimum atomic E-state index is -0.620. The molecule has 1 aliphatic heterocycles. The first-order chi connectivity index (χ1) is 20.3. The molecule has 0 bridgehead atoms. The predicted octanol–water partition coefficient (Wildman–Crippen LogP) is 6.35. The highest BCUT2D eigenvalue weighted by molar-refractivity contribution is 8.18. The van der Waals surface area contributed by atoms with Crippen LogP contribution in [0.3, 0.4) is 0 Å². The van der Waals surface area contributed by atoms with E-state index in [-0.39, 0.29) is 18.3 Å². The third kappa shape index (κ3) is 7.79. The van der Waals surface area contributed by atoms with Crippen molar-refractivity contribution < 1.29 is 14.3 Å². The number of thiol groups is 1. The number of nitrogens with zero attached hydrogens (tertiary/aromatic N) is 4. The summed E-state index contributed by atoms with van der Waals surface area (Å²) < 4.78 is 5.35. The number of nitrogens with one attached hydrogen (secondary N) is 2. The van der Waals surface area contributed by atoms with E-state index in [1.807, 2.05) is 43.3 Å². The molecular weight excluding hydrogens is 592 g/mol. The Hall–Kier alpha value is -4.11. The number of rotatable bonds is 10. The summed E-state index contributed by atoms with van der Waals surface area (Å²) in [4.78, 5) is 35.1. The van der Waals surface area contributed by atoms with Crippen molar-refractivity contribution in [2.75, 3.05) is 36.2 Å². The lowest BCUT2D eigenvalue weighted by Gasteiger charge is -2.18. The van der Waals surface area contributed by atoms with E-state index in [9.17, 15) is 14.9 Å². The molecule has 3 aromatic carbocycles. The predicted molar refractivity (Wildman–Crippen MR) is 172 cm³/mol. The van der Waals surface area contributed by atoms with Crippen LogP contribution < -0.4 is 20.3 Å². The summed E-state index contributed by atoms with van der Waals surface area (Å²) in [5.41, 5.74) is 3.36. The summed E-state index contributed by atoms with van der Waals surface area (Å²) in [5, 5.41) is 15.8. The van der Waals surface area contributed by atoms with Crippen LogP contribution in [0.15, 0.2) is 87.7 Å². The van der Waals surface area contributed by atoms with Crippen molar-refractivity contribution in [3.63, 3.8) is 0 Å². The van der Waals surface area contributed by atoms with Gasteiger partial charge in [-0.15, -0.1) is 24.2 Å². The molecule has 1 saturated heterocycles. The summed E-state index contributed by atoms with van der Waals surface area (Å²) in [7, 11) is 1.78. The highest BCUT2D eigenvalue weighted by Gasteiger charge is 2.34. The molecule has 0 spiro atoms. The second-order valence-electron chi connectivity index (χ2n) is 9.01. The molecule has 0 atom stereocenters. The zero-order chi connectivity index (χ0) is 30.1. The van der Waals surface area contributed by atoms with Crippen molar-refractivity contribution in [1.29, 1.82) is 5.26 Å². The van der Waals surface area contributed by atoms with Crippen LogP contribution in [0.5, 0.6) is 5.75 Å². The van der Waals surface area contributed by atoms with Gasteiger partial charge < -0.3 is 20.3 Å². The van der Waals surface area contributed by atoms with Gasteiger partial charge in [-0.1, -0.05) is 30.3 Å². The molecule has 1 aliphatic rings. The monoisotopic (exact) mass is 620 g/mol. The SMILES string of the molecule is CCNc1ccc(C#N)cc1N=C1S/C(=C/N(C)c2cc(OC(=O)NCCCl)ccc2S)C(=O)N1Cc1ccccc1. The minimum absolute atomic E-state index is 0.218. The summed E-state index contributed by atoms with van der Waals surface area (Å²) >= 11 is 11.4. The van der Waals surface area contributed by atoms with Crippen LogP contribution in [-0.4, -0.2) is 48.1 Å². The molecule has 1 fully saturated rings. The number of hydrogen-bond donors (Lipinski definition) is 3. The number of carbonyl (C=O) groups is 2. The van der Waals surface area contributed by atoms with Crippen molar-refractivity contribution in [2.24, 2.45) is 4.99 Å². The van der Waals surface area contributed by atoms with Crippen molar-refractivity contribution >= 4 is 70.2 Å². The number of hydrogen-bond acceptors (Lipinski definition) is 9. The van der Waals surface area contributed by atoms with Crippen LogP contribution in [0.2, 0.25) is 0 Å². The molecule has 2 amide bonds. The maximum absolute atomic E-state index is 13.8. The number of anilines is 2. The van der Waals surface area contributed by atoms with E-state index in [1.165, 1.54) is 11.8 Å². The van der Waals surface area contributed by atoms with Crippen molar-refractivity contribution in [3.05, 3.63) is 89.0 Å². The molecule has 42 heavy (non-hydrogen) atoms. The van der Waals surface area contributed by atoms with Gasteiger partial charge in [0.15, 0.2) is 5.17 Å². The highest BCUT2D eigenvalue weighted by atomic mass is 35.5. The molecule has 2 N–H and O–H groups in total. The number of amidine groups is 1. The average molecular weight is 621 g/mol. The van der Waals surface area contributed by atoms with Gasteiger partial charge in [-0.2, -0.15) is 5.26 Å². The first kappa shape index (κ1) is 30.8. The molecule has 3 aromatic rings. The maximum Gasteiger partial charge on any atom is 0.412 e. The standard InChI is InChI=1S/C30H29ClN6O3S2/c1-3-33-23-11-9-21(17-32)15-24(23)35-29-37(18-20-7-5-4-6-8-20)28(38)27(42-29)19-36(2)25-16-22(10-12-26(25)41)40-30(39)34-14-13-31/h4-12,15-16,19,33,41H,3,13-14,18H2,1-2H3,(H,34,39)/b27-19+,35-29?. The molecule has 0 aliphatic carbocycles. The lowest BCUT2D eigenvalue weighted by Crippen LogP contribution is -2.29. The highest BCUT2D eigenvalue weighted by Crippen LogP contribution is 2.37. The Kier molecular flexibility index (Phi) is 10.8. The van der Waals surface area contributed by atoms with E-state index in [4.69, 9.17) is 21.3 Å². The molecule has 0 aromatic heterocycles. The normalized spacial score (nSPS) is 14.6. The first-order valence-electron chi connectivity index (χ1n) is 13.0. The Bertz CT molecular complexity index is 1560. The molecule has 0 radical (unpaired) electrons. The Morgan fingerprint density at radius 1 is 1.21 bits per heavy atom. The van der Waals surface area contributed by atoms with E-state index in [0.29, 0.717) is 50.7 Å². The molecule has 0 saturated carbocycles. The number of thioether (sulfide) groups is 1. The number of nitriles is 1. The van der Waals surface area contributed by atoms with Gasteiger partial charge in [0, 0.05) is 43.2 Å². The van der Waals surface area contributed by atoms with E-state index in [0.717, 1.165) is 11.3 Å². The Labute approximate surface area is 259 Å². The molecule has 12 heteroatoms. The summed E-state index contributed by atoms with van der Waals surface area (Å²) in [5.74, 6) is 0.362. The average Bonchev–Trinajstić information content (AvgIpc) is 3.27. The molecule has 216 valence electrons. The lowest BCUT2D eigenvalue weighted by atomic mass is 10.2. The van der Waals surface area contributed by atoms with Crippen LogP contribution in [0.1, 0.15) is 18.1 Å². The van der Waals surface area contributed by atoms with Gasteiger partial charge in [0.1, 0.15) is 5.75 Å². The second-order valence-corrected chi connectivity index (χ2v) is 10.9.